The summed E-state index contributed by atoms with van der Waals surface area (Å²) in [6.07, 6.45) is 0.130. The Morgan fingerprint density at radius 3 is 2.79 bits per heavy atom. The monoisotopic (exact) mass is 264 g/mol. The van der Waals surface area contributed by atoms with Gasteiger partial charge in [0.15, 0.2) is 6.61 Å². The van der Waals surface area contributed by atoms with Crippen LogP contribution in [0.3, 0.4) is 0 Å². The van der Waals surface area contributed by atoms with E-state index >= 15 is 0 Å². The second-order valence-electron chi connectivity index (χ2n) is 4.43. The predicted octanol–water partition coefficient (Wildman–Crippen LogP) is -0.243. The Hall–Kier alpha value is -2.08. The highest BCUT2D eigenvalue weighted by molar-refractivity contribution is 5.95. The molecule has 1 aliphatic rings. The van der Waals surface area contributed by atoms with E-state index in [2.05, 4.69) is 0 Å². The fourth-order valence-electron chi connectivity index (χ4n) is 2.00. The fraction of sp³-hybridized carbons (Fsp3) is 0.385. The van der Waals surface area contributed by atoms with E-state index in [0.717, 1.165) is 0 Å². The molecule has 1 saturated heterocycles. The van der Waals surface area contributed by atoms with Crippen LogP contribution < -0.4 is 10.5 Å². The highest BCUT2D eigenvalue weighted by Crippen LogP contribution is 2.17. The van der Waals surface area contributed by atoms with Gasteiger partial charge in [0.25, 0.3) is 11.8 Å². The molecule has 0 bridgehead atoms. The molecule has 2 amide bonds. The number of rotatable bonds is 4. The van der Waals surface area contributed by atoms with E-state index in [4.69, 9.17) is 10.5 Å². The van der Waals surface area contributed by atoms with Crippen molar-refractivity contribution in [3.63, 3.8) is 0 Å². The molecule has 19 heavy (non-hydrogen) atoms. The topological polar surface area (TPSA) is 92.9 Å². The largest absolute Gasteiger partial charge is 0.483 e. The number of likely N-dealkylation sites (tertiary alicyclic amines) is 1. The van der Waals surface area contributed by atoms with Gasteiger partial charge < -0.3 is 20.5 Å². The predicted molar refractivity (Wildman–Crippen MR) is 67.7 cm³/mol. The third kappa shape index (κ3) is 3.23. The van der Waals surface area contributed by atoms with Crippen molar-refractivity contribution in [2.24, 2.45) is 5.73 Å². The first-order chi connectivity index (χ1) is 9.08. The zero-order chi connectivity index (χ0) is 13.8. The average molecular weight is 264 g/mol. The maximum Gasteiger partial charge on any atom is 0.260 e. The Morgan fingerprint density at radius 1 is 1.42 bits per heavy atom. The number of benzene rings is 1. The van der Waals surface area contributed by atoms with Gasteiger partial charge in [-0.3, -0.25) is 9.59 Å². The van der Waals surface area contributed by atoms with E-state index in [9.17, 15) is 14.7 Å². The second-order valence-corrected chi connectivity index (χ2v) is 4.43. The summed E-state index contributed by atoms with van der Waals surface area (Å²) < 4.78 is 5.33. The SMILES string of the molecule is NC(=O)c1ccccc1OCC(=O)N1CC[C@@H](O)C1. The first-order valence-corrected chi connectivity index (χ1v) is 6.05. The summed E-state index contributed by atoms with van der Waals surface area (Å²) in [6.45, 7) is 0.692. The molecular formula is C13H16N2O4. The van der Waals surface area contributed by atoms with Gasteiger partial charge in [-0.2, -0.15) is 0 Å². The Bertz CT molecular complexity index is 489. The smallest absolute Gasteiger partial charge is 0.260 e. The highest BCUT2D eigenvalue weighted by Gasteiger charge is 2.24. The van der Waals surface area contributed by atoms with Crippen molar-refractivity contribution in [1.29, 1.82) is 0 Å². The number of para-hydroxylation sites is 1. The van der Waals surface area contributed by atoms with Gasteiger partial charge in [0.2, 0.25) is 0 Å². The molecule has 0 aliphatic carbocycles. The number of primary amides is 1. The van der Waals surface area contributed by atoms with E-state index < -0.39 is 12.0 Å². The molecule has 0 saturated carbocycles. The van der Waals surface area contributed by atoms with Gasteiger partial charge in [0.1, 0.15) is 5.75 Å². The minimum atomic E-state index is -0.598. The number of nitrogens with two attached hydrogens (primary N) is 1. The number of ether oxygens (including phenoxy) is 1. The molecule has 6 nitrogen and oxygen atoms in total. The van der Waals surface area contributed by atoms with Crippen LogP contribution in [0.25, 0.3) is 0 Å². The highest BCUT2D eigenvalue weighted by atomic mass is 16.5. The molecule has 1 atom stereocenters. The second kappa shape index (κ2) is 5.71. The number of carbonyl (C=O) groups excluding carboxylic acids is 2. The van der Waals surface area contributed by atoms with Gasteiger partial charge in [-0.25, -0.2) is 0 Å². The quantitative estimate of drug-likeness (QED) is 0.784. The summed E-state index contributed by atoms with van der Waals surface area (Å²) in [5, 5.41) is 9.35. The normalized spacial score (nSPS) is 18.4. The van der Waals surface area contributed by atoms with E-state index in [1.54, 1.807) is 24.3 Å². The summed E-state index contributed by atoms with van der Waals surface area (Å²) in [4.78, 5) is 24.5. The minimum Gasteiger partial charge on any atom is -0.483 e. The van der Waals surface area contributed by atoms with E-state index in [0.29, 0.717) is 25.3 Å². The lowest BCUT2D eigenvalue weighted by molar-refractivity contribution is -0.132. The van der Waals surface area contributed by atoms with Crippen molar-refractivity contribution < 1.29 is 19.4 Å². The van der Waals surface area contributed by atoms with Gasteiger partial charge in [-0.1, -0.05) is 12.1 Å². The standard InChI is InChI=1S/C13H16N2O4/c14-13(18)10-3-1-2-4-11(10)19-8-12(17)15-6-5-9(16)7-15/h1-4,9,16H,5-8H2,(H2,14,18)/t9-/m1/s1. The maximum absolute atomic E-state index is 11.8. The molecule has 0 unspecified atom stereocenters. The molecule has 0 aromatic heterocycles. The molecule has 0 spiro atoms. The van der Waals surface area contributed by atoms with Crippen LogP contribution in [0.15, 0.2) is 24.3 Å². The first-order valence-electron chi connectivity index (χ1n) is 6.05. The van der Waals surface area contributed by atoms with Crippen LogP contribution in [0.2, 0.25) is 0 Å². The Balaban J connectivity index is 1.95. The zero-order valence-electron chi connectivity index (χ0n) is 10.4. The molecule has 2 rings (SSSR count). The van der Waals surface area contributed by atoms with Gasteiger partial charge in [-0.15, -0.1) is 0 Å². The summed E-state index contributed by atoms with van der Waals surface area (Å²) in [7, 11) is 0. The Kier molecular flexibility index (Phi) is 4.01. The summed E-state index contributed by atoms with van der Waals surface area (Å²) in [5.74, 6) is -0.515. The molecule has 1 aliphatic heterocycles. The third-order valence-corrected chi connectivity index (χ3v) is 3.02. The first kappa shape index (κ1) is 13.4. The van der Waals surface area contributed by atoms with Crippen molar-refractivity contribution in [3.05, 3.63) is 29.8 Å². The van der Waals surface area contributed by atoms with E-state index in [-0.39, 0.29) is 18.1 Å². The van der Waals surface area contributed by atoms with Crippen molar-refractivity contribution in [1.82, 2.24) is 4.90 Å². The number of β-amino-alcohol motifs (C(OH)–C–C–N with tert-alkyl or cyclic N) is 1. The third-order valence-electron chi connectivity index (χ3n) is 3.02. The Labute approximate surface area is 110 Å². The van der Waals surface area contributed by atoms with E-state index in [1.165, 1.54) is 4.90 Å². The molecule has 102 valence electrons. The molecule has 1 aromatic rings. The number of amides is 2. The number of nitrogens with zero attached hydrogens (tertiary/aromatic N) is 1. The molecular weight excluding hydrogens is 248 g/mol. The number of hydrogen-bond donors (Lipinski definition) is 2. The van der Waals surface area contributed by atoms with Crippen LogP contribution in [0.1, 0.15) is 16.8 Å². The van der Waals surface area contributed by atoms with E-state index in [1.807, 2.05) is 0 Å². The molecule has 6 heteroatoms. The summed E-state index contributed by atoms with van der Waals surface area (Å²) >= 11 is 0. The number of aliphatic hydroxyl groups is 1. The van der Waals surface area contributed by atoms with Gasteiger partial charge in [0, 0.05) is 13.1 Å². The van der Waals surface area contributed by atoms with Crippen LogP contribution in [0, 0.1) is 0 Å². The van der Waals surface area contributed by atoms with Crippen molar-refractivity contribution in [3.8, 4) is 5.75 Å². The lowest BCUT2D eigenvalue weighted by atomic mass is 10.2. The van der Waals surface area contributed by atoms with Crippen LogP contribution in [0.4, 0.5) is 0 Å². The molecule has 1 heterocycles. The number of aliphatic hydroxyl groups excluding tert-OH is 1. The number of carbonyl (C=O) groups is 2. The van der Waals surface area contributed by atoms with Crippen LogP contribution in [-0.2, 0) is 4.79 Å². The fourth-order valence-corrected chi connectivity index (χ4v) is 2.00. The van der Waals surface area contributed by atoms with Crippen molar-refractivity contribution in [2.75, 3.05) is 19.7 Å². The van der Waals surface area contributed by atoms with Crippen molar-refractivity contribution >= 4 is 11.8 Å². The molecule has 1 fully saturated rings. The van der Waals surface area contributed by atoms with Crippen LogP contribution in [-0.4, -0.2) is 47.6 Å². The summed E-state index contributed by atoms with van der Waals surface area (Å²) in [5.41, 5.74) is 5.46. The lowest BCUT2D eigenvalue weighted by Crippen LogP contribution is -2.33. The van der Waals surface area contributed by atoms with Crippen LogP contribution >= 0.6 is 0 Å². The zero-order valence-corrected chi connectivity index (χ0v) is 10.4. The molecule has 1 aromatic carbocycles. The maximum atomic E-state index is 11.8. The van der Waals surface area contributed by atoms with Crippen molar-refractivity contribution in [2.45, 2.75) is 12.5 Å². The molecule has 3 N–H and O–H groups in total. The lowest BCUT2D eigenvalue weighted by Gasteiger charge is -2.16. The Morgan fingerprint density at radius 2 is 2.16 bits per heavy atom. The summed E-state index contributed by atoms with van der Waals surface area (Å²) in [6, 6.07) is 6.51. The van der Waals surface area contributed by atoms with Gasteiger partial charge >= 0.3 is 0 Å². The van der Waals surface area contributed by atoms with Crippen LogP contribution in [0.5, 0.6) is 5.75 Å². The van der Waals surface area contributed by atoms with Gasteiger partial charge in [-0.05, 0) is 18.6 Å². The number of hydrogen-bond acceptors (Lipinski definition) is 4. The van der Waals surface area contributed by atoms with Gasteiger partial charge in [0.05, 0.1) is 11.7 Å². The average Bonchev–Trinajstić information content (AvgIpc) is 2.83. The molecule has 0 radical (unpaired) electrons. The minimum absolute atomic E-state index is 0.170.